The van der Waals surface area contributed by atoms with E-state index in [-0.39, 0.29) is 0 Å². The van der Waals surface area contributed by atoms with Crippen LogP contribution in [-0.4, -0.2) is 60.6 Å². The van der Waals surface area contributed by atoms with E-state index in [0.29, 0.717) is 12.5 Å². The number of hydrogen-bond donors (Lipinski definition) is 0. The molecule has 0 aliphatic carbocycles. The molecule has 112 valence electrons. The van der Waals surface area contributed by atoms with E-state index >= 15 is 0 Å². The first kappa shape index (κ1) is 14.2. The van der Waals surface area contributed by atoms with E-state index in [1.807, 2.05) is 6.07 Å². The average molecular weight is 307 g/mol. The van der Waals surface area contributed by atoms with Gasteiger partial charge in [-0.1, -0.05) is 0 Å². The zero-order chi connectivity index (χ0) is 15.0. The molecule has 0 unspecified atom stereocenters. The lowest BCUT2D eigenvalue weighted by atomic mass is 10.00. The molecule has 0 N–H and O–H groups in total. The highest BCUT2D eigenvalue weighted by Gasteiger charge is 2.31. The number of pyridine rings is 1. The van der Waals surface area contributed by atoms with Crippen LogP contribution < -0.4 is 4.90 Å². The van der Waals surface area contributed by atoms with E-state index < -0.39 is 10.0 Å². The Morgan fingerprint density at radius 1 is 1.38 bits per heavy atom. The summed E-state index contributed by atoms with van der Waals surface area (Å²) in [6.45, 7) is 2.14. The Balaban J connectivity index is 1.71. The summed E-state index contributed by atoms with van der Waals surface area (Å²) in [4.78, 5) is 14.7. The minimum Gasteiger partial charge on any atom is -0.355 e. The van der Waals surface area contributed by atoms with Gasteiger partial charge in [0.15, 0.2) is 0 Å². The zero-order valence-electron chi connectivity index (χ0n) is 12.0. The van der Waals surface area contributed by atoms with Crippen LogP contribution in [0.3, 0.4) is 0 Å². The van der Waals surface area contributed by atoms with Crippen molar-refractivity contribution in [1.82, 2.24) is 19.3 Å². The quantitative estimate of drug-likeness (QED) is 0.811. The van der Waals surface area contributed by atoms with Crippen LogP contribution in [0.5, 0.6) is 0 Å². The van der Waals surface area contributed by atoms with Gasteiger partial charge in [0, 0.05) is 44.2 Å². The Labute approximate surface area is 123 Å². The summed E-state index contributed by atoms with van der Waals surface area (Å²) in [5.74, 6) is 1.22. The van der Waals surface area contributed by atoms with Crippen LogP contribution in [0.15, 0.2) is 24.8 Å². The third kappa shape index (κ3) is 2.81. The predicted octanol–water partition coefficient (Wildman–Crippen LogP) is 0.352. The van der Waals surface area contributed by atoms with Crippen LogP contribution in [0.1, 0.15) is 0 Å². The summed E-state index contributed by atoms with van der Waals surface area (Å²) in [6.07, 6.45) is 6.21. The molecule has 1 saturated heterocycles. The van der Waals surface area contributed by atoms with Gasteiger partial charge in [-0.3, -0.25) is 4.98 Å². The van der Waals surface area contributed by atoms with E-state index in [4.69, 9.17) is 0 Å². The summed E-state index contributed by atoms with van der Waals surface area (Å²) in [6, 6.07) is 1.90. The SMILES string of the molecule is CN(CC1CN(c2ncnc3cnccc23)C1)S(C)(=O)=O. The van der Waals surface area contributed by atoms with Gasteiger partial charge in [-0.05, 0) is 6.07 Å². The average Bonchev–Trinajstić information content (AvgIpc) is 2.40. The lowest BCUT2D eigenvalue weighted by Gasteiger charge is -2.41. The number of rotatable bonds is 4. The van der Waals surface area contributed by atoms with Crippen molar-refractivity contribution in [2.45, 2.75) is 0 Å². The maximum Gasteiger partial charge on any atom is 0.210 e. The predicted molar refractivity (Wildman–Crippen MR) is 80.5 cm³/mol. The van der Waals surface area contributed by atoms with E-state index in [1.54, 1.807) is 19.4 Å². The second-order valence-corrected chi connectivity index (χ2v) is 7.49. The van der Waals surface area contributed by atoms with Crippen molar-refractivity contribution in [1.29, 1.82) is 0 Å². The normalized spacial score (nSPS) is 16.4. The second kappa shape index (κ2) is 5.19. The van der Waals surface area contributed by atoms with E-state index in [1.165, 1.54) is 16.9 Å². The van der Waals surface area contributed by atoms with Gasteiger partial charge in [-0.2, -0.15) is 0 Å². The van der Waals surface area contributed by atoms with Gasteiger partial charge in [0.05, 0.1) is 18.0 Å². The molecular weight excluding hydrogens is 290 g/mol. The molecule has 1 aliphatic rings. The molecule has 0 spiro atoms. The summed E-state index contributed by atoms with van der Waals surface area (Å²) in [7, 11) is -1.50. The molecule has 7 nitrogen and oxygen atoms in total. The molecule has 0 aromatic carbocycles. The summed E-state index contributed by atoms with van der Waals surface area (Å²) in [5.41, 5.74) is 0.819. The summed E-state index contributed by atoms with van der Waals surface area (Å²) < 4.78 is 24.2. The molecule has 2 aromatic heterocycles. The Morgan fingerprint density at radius 3 is 2.86 bits per heavy atom. The Morgan fingerprint density at radius 2 is 2.14 bits per heavy atom. The fourth-order valence-corrected chi connectivity index (χ4v) is 2.98. The second-order valence-electron chi connectivity index (χ2n) is 5.40. The molecule has 0 radical (unpaired) electrons. The van der Waals surface area contributed by atoms with E-state index in [2.05, 4.69) is 19.9 Å². The summed E-state index contributed by atoms with van der Waals surface area (Å²) in [5, 5.41) is 0.974. The lowest BCUT2D eigenvalue weighted by molar-refractivity contribution is 0.327. The number of aromatic nitrogens is 3. The first-order valence-electron chi connectivity index (χ1n) is 6.66. The Kier molecular flexibility index (Phi) is 3.50. The molecule has 0 saturated carbocycles. The summed E-state index contributed by atoms with van der Waals surface area (Å²) >= 11 is 0. The zero-order valence-corrected chi connectivity index (χ0v) is 12.8. The van der Waals surface area contributed by atoms with Crippen LogP contribution in [0, 0.1) is 5.92 Å². The third-order valence-corrected chi connectivity index (χ3v) is 5.04. The molecule has 0 amide bonds. The van der Waals surface area contributed by atoms with E-state index in [0.717, 1.165) is 29.8 Å². The number of hydrogen-bond acceptors (Lipinski definition) is 6. The fourth-order valence-electron chi connectivity index (χ4n) is 2.50. The van der Waals surface area contributed by atoms with Crippen molar-refractivity contribution in [2.24, 2.45) is 5.92 Å². The standard InChI is InChI=1S/C13H17N5O2S/c1-17(21(2,19)20)6-10-7-18(8-10)13-11-3-4-14-5-12(11)15-9-16-13/h3-5,9-10H,6-8H2,1-2H3. The molecule has 3 heterocycles. The molecular formula is C13H17N5O2S. The van der Waals surface area contributed by atoms with Crippen LogP contribution in [-0.2, 0) is 10.0 Å². The molecule has 0 atom stereocenters. The first-order valence-corrected chi connectivity index (χ1v) is 8.51. The van der Waals surface area contributed by atoms with Gasteiger partial charge in [0.1, 0.15) is 12.1 Å². The highest BCUT2D eigenvalue weighted by atomic mass is 32.2. The molecule has 0 bridgehead atoms. The van der Waals surface area contributed by atoms with Gasteiger partial charge >= 0.3 is 0 Å². The Bertz CT molecular complexity index is 753. The van der Waals surface area contributed by atoms with Gasteiger partial charge in [-0.15, -0.1) is 0 Å². The molecule has 1 aliphatic heterocycles. The highest BCUT2D eigenvalue weighted by molar-refractivity contribution is 7.88. The largest absolute Gasteiger partial charge is 0.355 e. The Hall–Kier alpha value is -1.80. The van der Waals surface area contributed by atoms with Gasteiger partial charge in [-0.25, -0.2) is 22.7 Å². The number of sulfonamides is 1. The first-order chi connectivity index (χ1) is 9.95. The lowest BCUT2D eigenvalue weighted by Crippen LogP contribution is -2.52. The topological polar surface area (TPSA) is 79.3 Å². The number of fused-ring (bicyclic) bond motifs is 1. The maximum atomic E-state index is 11.4. The number of anilines is 1. The van der Waals surface area contributed by atoms with Crippen LogP contribution >= 0.6 is 0 Å². The van der Waals surface area contributed by atoms with Gasteiger partial charge in [0.25, 0.3) is 0 Å². The molecule has 3 rings (SSSR count). The number of nitrogens with zero attached hydrogens (tertiary/aromatic N) is 5. The molecule has 1 fully saturated rings. The minimum absolute atomic E-state index is 0.330. The van der Waals surface area contributed by atoms with Gasteiger partial charge in [0.2, 0.25) is 10.0 Å². The van der Waals surface area contributed by atoms with Crippen LogP contribution in [0.2, 0.25) is 0 Å². The van der Waals surface area contributed by atoms with Crippen molar-refractivity contribution in [3.8, 4) is 0 Å². The monoisotopic (exact) mass is 307 g/mol. The van der Waals surface area contributed by atoms with Crippen molar-refractivity contribution < 1.29 is 8.42 Å². The van der Waals surface area contributed by atoms with Crippen molar-refractivity contribution in [3.63, 3.8) is 0 Å². The molecule has 21 heavy (non-hydrogen) atoms. The maximum absolute atomic E-state index is 11.4. The van der Waals surface area contributed by atoms with Gasteiger partial charge < -0.3 is 4.90 Å². The molecule has 2 aromatic rings. The van der Waals surface area contributed by atoms with Crippen molar-refractivity contribution in [2.75, 3.05) is 37.8 Å². The van der Waals surface area contributed by atoms with Crippen molar-refractivity contribution in [3.05, 3.63) is 24.8 Å². The van der Waals surface area contributed by atoms with Crippen LogP contribution in [0.4, 0.5) is 5.82 Å². The van der Waals surface area contributed by atoms with Crippen molar-refractivity contribution >= 4 is 26.7 Å². The highest BCUT2D eigenvalue weighted by Crippen LogP contribution is 2.28. The molecule has 8 heteroatoms. The minimum atomic E-state index is -3.11. The fraction of sp³-hybridized carbons (Fsp3) is 0.462. The van der Waals surface area contributed by atoms with Crippen LogP contribution in [0.25, 0.3) is 10.9 Å². The van der Waals surface area contributed by atoms with E-state index in [9.17, 15) is 8.42 Å². The smallest absolute Gasteiger partial charge is 0.210 e. The third-order valence-electron chi connectivity index (χ3n) is 3.76.